The second kappa shape index (κ2) is 10.8. The fourth-order valence-electron chi connectivity index (χ4n) is 7.90. The van der Waals surface area contributed by atoms with E-state index in [0.717, 1.165) is 83.0 Å². The molecule has 0 unspecified atom stereocenters. The van der Waals surface area contributed by atoms with E-state index < -0.39 is 0 Å². The molecule has 0 saturated carbocycles. The Morgan fingerprint density at radius 1 is 0.392 bits per heavy atom. The number of hydrogen-bond donors (Lipinski definition) is 0. The van der Waals surface area contributed by atoms with E-state index in [9.17, 15) is 0 Å². The highest BCUT2D eigenvalue weighted by Gasteiger charge is 2.23. The van der Waals surface area contributed by atoms with E-state index in [4.69, 9.17) is 14.4 Å². The lowest BCUT2D eigenvalue weighted by Gasteiger charge is -2.13. The molecule has 5 heteroatoms. The van der Waals surface area contributed by atoms with Gasteiger partial charge in [0.2, 0.25) is 5.95 Å². The van der Waals surface area contributed by atoms with E-state index in [0.29, 0.717) is 5.95 Å². The molecule has 0 aliphatic rings. The molecule has 4 heterocycles. The minimum Gasteiger partial charge on any atom is -0.456 e. The van der Waals surface area contributed by atoms with Crippen molar-refractivity contribution in [3.8, 4) is 34.2 Å². The van der Waals surface area contributed by atoms with Crippen molar-refractivity contribution in [1.82, 2.24) is 19.1 Å². The van der Waals surface area contributed by atoms with Gasteiger partial charge in [0.25, 0.3) is 0 Å². The number of aromatic nitrogens is 4. The van der Waals surface area contributed by atoms with Crippen LogP contribution in [0.1, 0.15) is 0 Å². The fraction of sp³-hybridized carbons (Fsp3) is 0. The van der Waals surface area contributed by atoms with E-state index >= 15 is 0 Å². The van der Waals surface area contributed by atoms with E-state index in [1.54, 1.807) is 0 Å². The molecule has 0 atom stereocenters. The van der Waals surface area contributed by atoms with E-state index in [1.165, 1.54) is 10.8 Å². The van der Waals surface area contributed by atoms with Crippen LogP contribution in [0.15, 0.2) is 174 Å². The summed E-state index contributed by atoms with van der Waals surface area (Å²) in [6.07, 6.45) is 0. The van der Waals surface area contributed by atoms with Crippen molar-refractivity contribution >= 4 is 65.6 Å². The van der Waals surface area contributed by atoms with Crippen LogP contribution in [0, 0.1) is 0 Å². The fourth-order valence-corrected chi connectivity index (χ4v) is 7.90. The third-order valence-corrected chi connectivity index (χ3v) is 10.1. The Labute approximate surface area is 292 Å². The first-order valence-corrected chi connectivity index (χ1v) is 17.2. The zero-order valence-electron chi connectivity index (χ0n) is 27.4. The van der Waals surface area contributed by atoms with Gasteiger partial charge in [-0.1, -0.05) is 121 Å². The van der Waals surface area contributed by atoms with Crippen LogP contribution in [0.3, 0.4) is 0 Å². The van der Waals surface area contributed by atoms with Crippen LogP contribution in [0.4, 0.5) is 0 Å². The molecule has 0 N–H and O–H groups in total. The minimum atomic E-state index is 0.604. The molecule has 0 amide bonds. The number of fused-ring (bicyclic) bond motifs is 10. The summed E-state index contributed by atoms with van der Waals surface area (Å²) in [7, 11) is 0. The first-order valence-electron chi connectivity index (χ1n) is 17.2. The molecule has 238 valence electrons. The van der Waals surface area contributed by atoms with Gasteiger partial charge in [0.05, 0.1) is 38.8 Å². The number of benzene rings is 7. The highest BCUT2D eigenvalue weighted by Crippen LogP contribution is 2.42. The number of furan rings is 1. The molecule has 0 bridgehead atoms. The van der Waals surface area contributed by atoms with Crippen LogP contribution in [-0.2, 0) is 0 Å². The van der Waals surface area contributed by atoms with Crippen LogP contribution in [0.25, 0.3) is 99.7 Å². The first-order chi connectivity index (χ1) is 25.3. The van der Waals surface area contributed by atoms with Crippen molar-refractivity contribution in [2.75, 3.05) is 0 Å². The Balaban J connectivity index is 1.30. The van der Waals surface area contributed by atoms with Crippen LogP contribution in [0.2, 0.25) is 0 Å². The van der Waals surface area contributed by atoms with Gasteiger partial charge in [0.15, 0.2) is 0 Å². The molecular formula is C46H28N4O. The molecular weight excluding hydrogens is 625 g/mol. The second-order valence-corrected chi connectivity index (χ2v) is 13.0. The summed E-state index contributed by atoms with van der Waals surface area (Å²) in [5, 5.41) is 6.81. The van der Waals surface area contributed by atoms with Gasteiger partial charge in [-0.05, 0) is 48.5 Å². The van der Waals surface area contributed by atoms with Crippen molar-refractivity contribution in [3.05, 3.63) is 170 Å². The molecule has 7 aromatic carbocycles. The molecule has 5 nitrogen and oxygen atoms in total. The van der Waals surface area contributed by atoms with Crippen molar-refractivity contribution in [2.45, 2.75) is 0 Å². The predicted octanol–water partition coefficient (Wildman–Crippen LogP) is 11.9. The largest absolute Gasteiger partial charge is 0.456 e. The average molecular weight is 653 g/mol. The summed E-state index contributed by atoms with van der Waals surface area (Å²) in [4.78, 5) is 10.7. The van der Waals surface area contributed by atoms with Crippen LogP contribution in [0.5, 0.6) is 0 Å². The summed E-state index contributed by atoms with van der Waals surface area (Å²) in [5.41, 5.74) is 10.9. The monoisotopic (exact) mass is 652 g/mol. The Kier molecular flexibility index (Phi) is 5.89. The van der Waals surface area contributed by atoms with E-state index in [2.05, 4.69) is 155 Å². The summed E-state index contributed by atoms with van der Waals surface area (Å²) >= 11 is 0. The van der Waals surface area contributed by atoms with Crippen LogP contribution >= 0.6 is 0 Å². The lowest BCUT2D eigenvalue weighted by Crippen LogP contribution is -2.04. The van der Waals surface area contributed by atoms with Gasteiger partial charge in [0.1, 0.15) is 11.2 Å². The van der Waals surface area contributed by atoms with Gasteiger partial charge < -0.3 is 8.98 Å². The number of hydrogen-bond acceptors (Lipinski definition) is 3. The van der Waals surface area contributed by atoms with Crippen LogP contribution in [-0.4, -0.2) is 19.1 Å². The maximum Gasteiger partial charge on any atom is 0.235 e. The smallest absolute Gasteiger partial charge is 0.235 e. The molecule has 11 aromatic rings. The molecule has 0 aliphatic heterocycles. The maximum atomic E-state index is 6.45. The number of para-hydroxylation sites is 3. The minimum absolute atomic E-state index is 0.604. The SMILES string of the molecule is c1ccc(-c2cc(-c3ccccc3)nc(-n3c4cc(-n5c6ccccc6c6ccccc65)ccc4c4ccc5oc6ccccc6c5c43)n2)cc1. The molecule has 0 fully saturated rings. The molecule has 4 aromatic heterocycles. The standard InChI is InChI=1S/C46H28N4O/c1-3-13-29(14-4-1)37-28-38(30-15-5-2-6-16-30)48-46(47-37)50-41-27-31(49-39-20-10-7-17-32(39)33-18-8-11-21-40(33)49)23-24-34(41)35-25-26-43-44(45(35)50)36-19-9-12-22-42(36)51-43/h1-28H. The zero-order valence-corrected chi connectivity index (χ0v) is 27.4. The highest BCUT2D eigenvalue weighted by molar-refractivity contribution is 6.24. The normalized spacial score (nSPS) is 11.9. The van der Waals surface area contributed by atoms with Crippen molar-refractivity contribution in [3.63, 3.8) is 0 Å². The van der Waals surface area contributed by atoms with Gasteiger partial charge >= 0.3 is 0 Å². The topological polar surface area (TPSA) is 48.8 Å². The zero-order chi connectivity index (χ0) is 33.5. The second-order valence-electron chi connectivity index (χ2n) is 13.0. The Morgan fingerprint density at radius 2 is 0.941 bits per heavy atom. The molecule has 0 aliphatic carbocycles. The predicted molar refractivity (Wildman–Crippen MR) is 209 cm³/mol. The average Bonchev–Trinajstić information content (AvgIpc) is 3.86. The Morgan fingerprint density at radius 3 is 1.61 bits per heavy atom. The molecule has 0 spiro atoms. The first kappa shape index (κ1) is 27.9. The summed E-state index contributed by atoms with van der Waals surface area (Å²) in [6, 6.07) is 59.4. The molecule has 0 saturated heterocycles. The highest BCUT2D eigenvalue weighted by atomic mass is 16.3. The number of rotatable bonds is 4. The molecule has 51 heavy (non-hydrogen) atoms. The van der Waals surface area contributed by atoms with Gasteiger partial charge in [-0.15, -0.1) is 0 Å². The van der Waals surface area contributed by atoms with Crippen molar-refractivity contribution in [2.24, 2.45) is 0 Å². The van der Waals surface area contributed by atoms with E-state index in [-0.39, 0.29) is 0 Å². The summed E-state index contributed by atoms with van der Waals surface area (Å²) in [5.74, 6) is 0.604. The van der Waals surface area contributed by atoms with Crippen molar-refractivity contribution < 1.29 is 4.42 Å². The lowest BCUT2D eigenvalue weighted by atomic mass is 10.1. The van der Waals surface area contributed by atoms with Crippen molar-refractivity contribution in [1.29, 1.82) is 0 Å². The Hall–Kier alpha value is -6.98. The number of nitrogens with zero attached hydrogens (tertiary/aromatic N) is 4. The Bertz CT molecular complexity index is 3020. The third-order valence-electron chi connectivity index (χ3n) is 10.1. The van der Waals surface area contributed by atoms with Gasteiger partial charge in [-0.25, -0.2) is 9.97 Å². The third kappa shape index (κ3) is 4.15. The molecule has 0 radical (unpaired) electrons. The quantitative estimate of drug-likeness (QED) is 0.190. The van der Waals surface area contributed by atoms with Gasteiger partial charge in [-0.2, -0.15) is 0 Å². The molecule has 11 rings (SSSR count). The lowest BCUT2D eigenvalue weighted by molar-refractivity contribution is 0.669. The van der Waals surface area contributed by atoms with Crippen LogP contribution < -0.4 is 0 Å². The van der Waals surface area contributed by atoms with Gasteiger partial charge in [0, 0.05) is 43.7 Å². The maximum absolute atomic E-state index is 6.45. The summed E-state index contributed by atoms with van der Waals surface area (Å²) < 4.78 is 11.1. The van der Waals surface area contributed by atoms with E-state index in [1.807, 2.05) is 24.3 Å². The summed E-state index contributed by atoms with van der Waals surface area (Å²) in [6.45, 7) is 0. The van der Waals surface area contributed by atoms with Gasteiger partial charge in [-0.3, -0.25) is 4.57 Å².